The van der Waals surface area contributed by atoms with Crippen LogP contribution in [-0.2, 0) is 23.8 Å². The number of benzene rings is 1. The number of hydrogen-bond acceptors (Lipinski definition) is 7. The van der Waals surface area contributed by atoms with Crippen molar-refractivity contribution in [2.45, 2.75) is 51.9 Å². The molecule has 7 nitrogen and oxygen atoms in total. The molecule has 1 aliphatic heterocycles. The fraction of sp³-hybridized carbons (Fsp3) is 0.636. The average molecular weight is 407 g/mol. The van der Waals surface area contributed by atoms with Crippen molar-refractivity contribution in [3.05, 3.63) is 35.9 Å². The van der Waals surface area contributed by atoms with Gasteiger partial charge in [-0.15, -0.1) is 0 Å². The zero-order chi connectivity index (χ0) is 21.3. The van der Waals surface area contributed by atoms with Gasteiger partial charge in [0, 0.05) is 25.7 Å². The van der Waals surface area contributed by atoms with Gasteiger partial charge in [0.2, 0.25) is 0 Å². The third-order valence-electron chi connectivity index (χ3n) is 4.53. The summed E-state index contributed by atoms with van der Waals surface area (Å²) in [6.07, 6.45) is 0.883. The van der Waals surface area contributed by atoms with Gasteiger partial charge in [-0.25, -0.2) is 4.79 Å². The number of nitrogens with one attached hydrogen (secondary N) is 1. The highest BCUT2D eigenvalue weighted by molar-refractivity contribution is 5.72. The lowest BCUT2D eigenvalue weighted by atomic mass is 10.1. The summed E-state index contributed by atoms with van der Waals surface area (Å²) in [5, 5.41) is 3.34. The number of hydrogen-bond donors (Lipinski definition) is 1. The number of likely N-dealkylation sites (tertiary alicyclic amines) is 1. The van der Waals surface area contributed by atoms with E-state index in [0.717, 1.165) is 31.6 Å². The van der Waals surface area contributed by atoms with Crippen LogP contribution in [0.25, 0.3) is 0 Å². The molecule has 0 radical (unpaired) electrons. The van der Waals surface area contributed by atoms with Crippen LogP contribution in [0.2, 0.25) is 0 Å². The number of esters is 2. The number of ether oxygens (including phenoxy) is 3. The van der Waals surface area contributed by atoms with Crippen molar-refractivity contribution in [1.29, 1.82) is 0 Å². The fourth-order valence-corrected chi connectivity index (χ4v) is 3.30. The molecule has 0 bridgehead atoms. The molecule has 0 aromatic heterocycles. The molecule has 7 heteroatoms. The minimum Gasteiger partial charge on any atom is -0.464 e. The van der Waals surface area contributed by atoms with E-state index in [1.165, 1.54) is 0 Å². The second kappa shape index (κ2) is 11.3. The molecule has 1 N–H and O–H groups in total. The lowest BCUT2D eigenvalue weighted by Crippen LogP contribution is -2.39. The summed E-state index contributed by atoms with van der Waals surface area (Å²) >= 11 is 0. The van der Waals surface area contributed by atoms with Crippen LogP contribution in [0.5, 0.6) is 0 Å². The summed E-state index contributed by atoms with van der Waals surface area (Å²) in [4.78, 5) is 25.9. The van der Waals surface area contributed by atoms with E-state index in [-0.39, 0.29) is 37.2 Å². The molecule has 29 heavy (non-hydrogen) atoms. The van der Waals surface area contributed by atoms with Crippen LogP contribution >= 0.6 is 0 Å². The average Bonchev–Trinajstić information content (AvgIpc) is 3.10. The number of carbonyl (C=O) groups excluding carboxylic acids is 2. The largest absolute Gasteiger partial charge is 0.464 e. The van der Waals surface area contributed by atoms with Crippen molar-refractivity contribution >= 4 is 11.9 Å². The zero-order valence-corrected chi connectivity index (χ0v) is 18.0. The topological polar surface area (TPSA) is 77.1 Å². The highest BCUT2D eigenvalue weighted by atomic mass is 16.6. The fourth-order valence-electron chi connectivity index (χ4n) is 3.30. The Morgan fingerprint density at radius 3 is 2.59 bits per heavy atom. The molecule has 2 rings (SSSR count). The van der Waals surface area contributed by atoms with E-state index in [0.29, 0.717) is 6.61 Å². The molecule has 0 aliphatic carbocycles. The molecule has 0 amide bonds. The molecule has 1 saturated heterocycles. The first kappa shape index (κ1) is 23.3. The highest BCUT2D eigenvalue weighted by Gasteiger charge is 2.27. The minimum atomic E-state index is -0.501. The van der Waals surface area contributed by atoms with Crippen LogP contribution in [0.3, 0.4) is 0 Å². The third kappa shape index (κ3) is 8.94. The van der Waals surface area contributed by atoms with Crippen molar-refractivity contribution < 1.29 is 23.8 Å². The Labute approximate surface area is 173 Å². The zero-order valence-electron chi connectivity index (χ0n) is 18.0. The van der Waals surface area contributed by atoms with Gasteiger partial charge in [-0.1, -0.05) is 30.3 Å². The summed E-state index contributed by atoms with van der Waals surface area (Å²) < 4.78 is 16.0. The Morgan fingerprint density at radius 1 is 1.21 bits per heavy atom. The Kier molecular flexibility index (Phi) is 9.07. The molecule has 1 aromatic rings. The van der Waals surface area contributed by atoms with E-state index < -0.39 is 5.60 Å². The number of rotatable bonds is 10. The van der Waals surface area contributed by atoms with Crippen LogP contribution in [0, 0.1) is 0 Å². The van der Waals surface area contributed by atoms with E-state index in [4.69, 9.17) is 14.2 Å². The SMILES string of the molecule is CCOC(=O)COC1CCN(CC(NCC(=O)OC(C)(C)C)c2ccccc2)C1. The van der Waals surface area contributed by atoms with Crippen molar-refractivity contribution in [2.75, 3.05) is 39.4 Å². The van der Waals surface area contributed by atoms with Gasteiger partial charge >= 0.3 is 11.9 Å². The highest BCUT2D eigenvalue weighted by Crippen LogP contribution is 2.19. The number of nitrogens with zero attached hydrogens (tertiary/aromatic N) is 1. The summed E-state index contributed by atoms with van der Waals surface area (Å²) in [7, 11) is 0. The molecule has 0 spiro atoms. The van der Waals surface area contributed by atoms with Gasteiger partial charge in [0.1, 0.15) is 12.2 Å². The van der Waals surface area contributed by atoms with Crippen LogP contribution in [0.4, 0.5) is 0 Å². The Balaban J connectivity index is 1.88. The normalized spacial score (nSPS) is 18.4. The molecule has 1 aliphatic rings. The molecule has 0 saturated carbocycles. The van der Waals surface area contributed by atoms with Gasteiger partial charge in [-0.2, -0.15) is 0 Å². The van der Waals surface area contributed by atoms with E-state index in [9.17, 15) is 9.59 Å². The summed E-state index contributed by atoms with van der Waals surface area (Å²) in [5.74, 6) is -0.595. The van der Waals surface area contributed by atoms with Gasteiger partial charge in [0.25, 0.3) is 0 Å². The Bertz CT molecular complexity index is 644. The third-order valence-corrected chi connectivity index (χ3v) is 4.53. The first-order valence-corrected chi connectivity index (χ1v) is 10.3. The van der Waals surface area contributed by atoms with Crippen LogP contribution in [-0.4, -0.2) is 67.9 Å². The van der Waals surface area contributed by atoms with Gasteiger partial charge in [-0.3, -0.25) is 15.0 Å². The lowest BCUT2D eigenvalue weighted by molar-refractivity contribution is -0.154. The molecular formula is C22H34N2O5. The van der Waals surface area contributed by atoms with Gasteiger partial charge in [-0.05, 0) is 39.7 Å². The maximum atomic E-state index is 12.1. The second-order valence-corrected chi connectivity index (χ2v) is 8.22. The molecule has 2 atom stereocenters. The van der Waals surface area contributed by atoms with Crippen LogP contribution in [0.15, 0.2) is 30.3 Å². The minimum absolute atomic E-state index is 0.00692. The molecule has 2 unspecified atom stereocenters. The van der Waals surface area contributed by atoms with E-state index in [1.54, 1.807) is 6.92 Å². The van der Waals surface area contributed by atoms with Gasteiger partial charge in [0.05, 0.1) is 19.3 Å². The van der Waals surface area contributed by atoms with Crippen molar-refractivity contribution in [3.63, 3.8) is 0 Å². The molecule has 1 aromatic carbocycles. The summed E-state index contributed by atoms with van der Waals surface area (Å²) in [6, 6.07) is 10.1. The summed E-state index contributed by atoms with van der Waals surface area (Å²) in [6.45, 7) is 10.2. The Morgan fingerprint density at radius 2 is 1.93 bits per heavy atom. The maximum Gasteiger partial charge on any atom is 0.332 e. The monoisotopic (exact) mass is 406 g/mol. The van der Waals surface area contributed by atoms with Crippen LogP contribution < -0.4 is 5.32 Å². The van der Waals surface area contributed by atoms with Gasteiger partial charge in [0.15, 0.2) is 0 Å². The smallest absolute Gasteiger partial charge is 0.332 e. The van der Waals surface area contributed by atoms with Crippen molar-refractivity contribution in [2.24, 2.45) is 0 Å². The van der Waals surface area contributed by atoms with E-state index >= 15 is 0 Å². The van der Waals surface area contributed by atoms with Crippen molar-refractivity contribution in [1.82, 2.24) is 10.2 Å². The van der Waals surface area contributed by atoms with Gasteiger partial charge < -0.3 is 14.2 Å². The van der Waals surface area contributed by atoms with Crippen molar-refractivity contribution in [3.8, 4) is 0 Å². The quantitative estimate of drug-likeness (QED) is 0.598. The molecule has 162 valence electrons. The molecule has 1 heterocycles. The first-order valence-electron chi connectivity index (χ1n) is 10.3. The maximum absolute atomic E-state index is 12.1. The molecular weight excluding hydrogens is 372 g/mol. The van der Waals surface area contributed by atoms with E-state index in [2.05, 4.69) is 22.3 Å². The number of carbonyl (C=O) groups is 2. The van der Waals surface area contributed by atoms with E-state index in [1.807, 2.05) is 39.0 Å². The lowest BCUT2D eigenvalue weighted by Gasteiger charge is -2.26. The predicted octanol–water partition coefficient (Wildman–Crippen LogP) is 2.31. The van der Waals surface area contributed by atoms with Crippen LogP contribution in [0.1, 0.15) is 45.7 Å². The Hall–Kier alpha value is -1.96. The first-order chi connectivity index (χ1) is 13.8. The summed E-state index contributed by atoms with van der Waals surface area (Å²) in [5.41, 5.74) is 0.617. The second-order valence-electron chi connectivity index (χ2n) is 8.22. The standard InChI is InChI=1S/C22H34N2O5/c1-5-27-21(26)16-28-18-11-12-24(14-18)15-19(17-9-7-6-8-10-17)23-13-20(25)29-22(2,3)4/h6-10,18-19,23H,5,11-16H2,1-4H3. The predicted molar refractivity (Wildman–Crippen MR) is 110 cm³/mol. The molecule has 1 fully saturated rings.